The molecule has 5 heteroatoms. The monoisotopic (exact) mass is 223 g/mol. The number of nitrogens with zero attached hydrogens (tertiary/aromatic N) is 1. The van der Waals surface area contributed by atoms with Crippen molar-refractivity contribution in [1.29, 1.82) is 0 Å². The summed E-state index contributed by atoms with van der Waals surface area (Å²) in [6, 6.07) is 1.55. The van der Waals surface area contributed by atoms with E-state index in [1.807, 2.05) is 0 Å². The van der Waals surface area contributed by atoms with Crippen LogP contribution in [0.1, 0.15) is 10.4 Å². The predicted octanol–water partition coefficient (Wildman–Crippen LogP) is 1.68. The SMILES string of the molecule is C=CCN1C(=O)C(=O)c2c(F)cc(F)cc21. The smallest absolute Gasteiger partial charge is 0.299 e. The summed E-state index contributed by atoms with van der Waals surface area (Å²) in [5, 5.41) is 0. The fourth-order valence-corrected chi connectivity index (χ4v) is 1.65. The number of halogens is 2. The van der Waals surface area contributed by atoms with Gasteiger partial charge in [0.1, 0.15) is 11.6 Å². The molecule has 0 radical (unpaired) electrons. The van der Waals surface area contributed by atoms with Crippen molar-refractivity contribution >= 4 is 17.4 Å². The van der Waals surface area contributed by atoms with Crippen LogP contribution in [0.3, 0.4) is 0 Å². The molecule has 0 saturated carbocycles. The van der Waals surface area contributed by atoms with Gasteiger partial charge in [0.25, 0.3) is 11.7 Å². The van der Waals surface area contributed by atoms with E-state index < -0.39 is 23.3 Å². The highest BCUT2D eigenvalue weighted by molar-refractivity contribution is 6.52. The molecule has 2 rings (SSSR count). The Hall–Kier alpha value is -2.04. The first-order valence-electron chi connectivity index (χ1n) is 4.52. The Morgan fingerprint density at radius 1 is 1.31 bits per heavy atom. The molecule has 0 fully saturated rings. The molecule has 82 valence electrons. The first-order chi connectivity index (χ1) is 7.56. The van der Waals surface area contributed by atoms with E-state index in [1.54, 1.807) is 0 Å². The van der Waals surface area contributed by atoms with Crippen molar-refractivity contribution in [2.24, 2.45) is 0 Å². The molecule has 16 heavy (non-hydrogen) atoms. The zero-order valence-corrected chi connectivity index (χ0v) is 8.17. The topological polar surface area (TPSA) is 37.4 Å². The molecule has 1 heterocycles. The highest BCUT2D eigenvalue weighted by Gasteiger charge is 2.38. The van der Waals surface area contributed by atoms with Crippen LogP contribution in [-0.2, 0) is 4.79 Å². The van der Waals surface area contributed by atoms with E-state index in [2.05, 4.69) is 6.58 Å². The number of carbonyl (C=O) groups is 2. The Morgan fingerprint density at radius 2 is 2.00 bits per heavy atom. The van der Waals surface area contributed by atoms with E-state index in [-0.39, 0.29) is 17.8 Å². The molecule has 0 N–H and O–H groups in total. The van der Waals surface area contributed by atoms with Gasteiger partial charge in [0.05, 0.1) is 11.3 Å². The highest BCUT2D eigenvalue weighted by atomic mass is 19.1. The summed E-state index contributed by atoms with van der Waals surface area (Å²) in [6.45, 7) is 3.45. The lowest BCUT2D eigenvalue weighted by Crippen LogP contribution is -2.29. The van der Waals surface area contributed by atoms with Crippen LogP contribution in [-0.4, -0.2) is 18.2 Å². The normalized spacial score (nSPS) is 14.2. The summed E-state index contributed by atoms with van der Waals surface area (Å²) in [7, 11) is 0. The van der Waals surface area contributed by atoms with E-state index in [0.29, 0.717) is 6.07 Å². The van der Waals surface area contributed by atoms with Crippen molar-refractivity contribution in [3.63, 3.8) is 0 Å². The Morgan fingerprint density at radius 3 is 2.62 bits per heavy atom. The maximum atomic E-state index is 13.3. The van der Waals surface area contributed by atoms with Crippen molar-refractivity contribution in [2.45, 2.75) is 0 Å². The van der Waals surface area contributed by atoms with Crippen molar-refractivity contribution < 1.29 is 18.4 Å². The number of hydrogen-bond donors (Lipinski definition) is 0. The van der Waals surface area contributed by atoms with E-state index in [0.717, 1.165) is 11.0 Å². The van der Waals surface area contributed by atoms with Gasteiger partial charge in [-0.15, -0.1) is 6.58 Å². The second-order valence-corrected chi connectivity index (χ2v) is 3.32. The molecular formula is C11H7F2NO2. The van der Waals surface area contributed by atoms with Gasteiger partial charge in [-0.25, -0.2) is 8.78 Å². The van der Waals surface area contributed by atoms with Crippen LogP contribution in [0.15, 0.2) is 24.8 Å². The third-order valence-corrected chi connectivity index (χ3v) is 2.30. The van der Waals surface area contributed by atoms with Crippen LogP contribution in [0.25, 0.3) is 0 Å². The van der Waals surface area contributed by atoms with Gasteiger partial charge in [-0.05, 0) is 6.07 Å². The number of hydrogen-bond acceptors (Lipinski definition) is 2. The average molecular weight is 223 g/mol. The number of ketones is 1. The fraction of sp³-hybridized carbons (Fsp3) is 0.0909. The summed E-state index contributed by atoms with van der Waals surface area (Å²) < 4.78 is 26.3. The average Bonchev–Trinajstić information content (AvgIpc) is 2.44. The Labute approximate surface area is 90.0 Å². The first-order valence-corrected chi connectivity index (χ1v) is 4.52. The van der Waals surface area contributed by atoms with E-state index in [1.165, 1.54) is 6.08 Å². The van der Waals surface area contributed by atoms with Crippen LogP contribution < -0.4 is 4.90 Å². The third kappa shape index (κ3) is 1.32. The number of Topliss-reactive ketones (excluding diaryl/α,β-unsaturated/α-hetero) is 1. The molecular weight excluding hydrogens is 216 g/mol. The molecule has 0 bridgehead atoms. The van der Waals surface area contributed by atoms with E-state index in [9.17, 15) is 18.4 Å². The third-order valence-electron chi connectivity index (χ3n) is 2.30. The van der Waals surface area contributed by atoms with Crippen LogP contribution in [0, 0.1) is 11.6 Å². The quantitative estimate of drug-likeness (QED) is 0.565. The zero-order valence-electron chi connectivity index (χ0n) is 8.17. The molecule has 1 amide bonds. The molecule has 1 aromatic carbocycles. The Kier molecular flexibility index (Phi) is 2.30. The lowest BCUT2D eigenvalue weighted by atomic mass is 10.1. The minimum atomic E-state index is -1.01. The maximum Gasteiger partial charge on any atom is 0.299 e. The fourth-order valence-electron chi connectivity index (χ4n) is 1.65. The van der Waals surface area contributed by atoms with Gasteiger partial charge in [0.15, 0.2) is 0 Å². The van der Waals surface area contributed by atoms with Gasteiger partial charge < -0.3 is 4.90 Å². The highest BCUT2D eigenvalue weighted by Crippen LogP contribution is 2.31. The zero-order chi connectivity index (χ0) is 11.9. The van der Waals surface area contributed by atoms with Gasteiger partial charge in [-0.3, -0.25) is 9.59 Å². The van der Waals surface area contributed by atoms with Crippen LogP contribution >= 0.6 is 0 Å². The van der Waals surface area contributed by atoms with Gasteiger partial charge in [-0.1, -0.05) is 6.08 Å². The summed E-state index contributed by atoms with van der Waals surface area (Å²) in [5.41, 5.74) is -0.402. The van der Waals surface area contributed by atoms with Gasteiger partial charge in [0, 0.05) is 12.6 Å². The summed E-state index contributed by atoms with van der Waals surface area (Å²) in [6.07, 6.45) is 1.38. The molecule has 1 aliphatic rings. The molecule has 1 aromatic rings. The number of fused-ring (bicyclic) bond motifs is 1. The number of amides is 1. The van der Waals surface area contributed by atoms with Crippen molar-refractivity contribution in [1.82, 2.24) is 0 Å². The van der Waals surface area contributed by atoms with Gasteiger partial charge in [0.2, 0.25) is 0 Å². The van der Waals surface area contributed by atoms with Crippen molar-refractivity contribution in [2.75, 3.05) is 11.4 Å². The number of rotatable bonds is 2. The van der Waals surface area contributed by atoms with Crippen LogP contribution in [0.5, 0.6) is 0 Å². The number of anilines is 1. The summed E-state index contributed by atoms with van der Waals surface area (Å²) in [4.78, 5) is 23.9. The first kappa shape index (κ1) is 10.5. The summed E-state index contributed by atoms with van der Waals surface area (Å²) in [5.74, 6) is -3.65. The maximum absolute atomic E-state index is 13.3. The molecule has 0 saturated heterocycles. The molecule has 0 atom stereocenters. The summed E-state index contributed by atoms with van der Waals surface area (Å²) >= 11 is 0. The number of carbonyl (C=O) groups excluding carboxylic acids is 2. The van der Waals surface area contributed by atoms with Crippen LogP contribution in [0.4, 0.5) is 14.5 Å². The Bertz CT molecular complexity index is 511. The van der Waals surface area contributed by atoms with Crippen molar-refractivity contribution in [3.05, 3.63) is 42.0 Å². The second-order valence-electron chi connectivity index (χ2n) is 3.32. The lowest BCUT2D eigenvalue weighted by molar-refractivity contribution is -0.114. The van der Waals surface area contributed by atoms with Crippen LogP contribution in [0.2, 0.25) is 0 Å². The van der Waals surface area contributed by atoms with Gasteiger partial charge in [-0.2, -0.15) is 0 Å². The molecule has 0 aromatic heterocycles. The standard InChI is InChI=1S/C11H7F2NO2/c1-2-3-14-8-5-6(12)4-7(13)9(8)10(15)11(14)16/h2,4-5H,1,3H2. The minimum Gasteiger partial charge on any atom is -0.301 e. The molecule has 3 nitrogen and oxygen atoms in total. The predicted molar refractivity (Wildman–Crippen MR) is 53.2 cm³/mol. The molecule has 1 aliphatic heterocycles. The second kappa shape index (κ2) is 3.52. The molecule has 0 spiro atoms. The van der Waals surface area contributed by atoms with E-state index >= 15 is 0 Å². The Balaban J connectivity index is 2.65. The lowest BCUT2D eigenvalue weighted by Gasteiger charge is -2.13. The van der Waals surface area contributed by atoms with E-state index in [4.69, 9.17) is 0 Å². The largest absolute Gasteiger partial charge is 0.301 e. The van der Waals surface area contributed by atoms with Gasteiger partial charge >= 0.3 is 0 Å². The molecule has 0 unspecified atom stereocenters. The van der Waals surface area contributed by atoms with Crippen molar-refractivity contribution in [3.8, 4) is 0 Å². The molecule has 0 aliphatic carbocycles. The minimum absolute atomic E-state index is 0.0348. The number of benzene rings is 1.